The lowest BCUT2D eigenvalue weighted by molar-refractivity contribution is 0.871. The highest BCUT2D eigenvalue weighted by Gasteiger charge is 2.02. The Balaban J connectivity index is 1.89. The molecule has 78 valence electrons. The Morgan fingerprint density at radius 2 is 2.07 bits per heavy atom. The maximum atomic E-state index is 4.27. The third-order valence-electron chi connectivity index (χ3n) is 2.32. The van der Waals surface area contributed by atoms with Crippen LogP contribution in [-0.4, -0.2) is 18.6 Å². The van der Waals surface area contributed by atoms with Gasteiger partial charge in [0.2, 0.25) is 0 Å². The largest absolute Gasteiger partial charge is 0.351 e. The fourth-order valence-electron chi connectivity index (χ4n) is 1.44. The van der Waals surface area contributed by atoms with Crippen LogP contribution in [0.15, 0.2) is 41.9 Å². The van der Waals surface area contributed by atoms with Gasteiger partial charge < -0.3 is 4.90 Å². The van der Waals surface area contributed by atoms with Gasteiger partial charge in [0.1, 0.15) is 0 Å². The molecule has 0 saturated carbocycles. The predicted molar refractivity (Wildman–Crippen MR) is 65.5 cm³/mol. The molecule has 0 atom stereocenters. The van der Waals surface area contributed by atoms with Crippen molar-refractivity contribution >= 4 is 16.5 Å². The maximum absolute atomic E-state index is 4.27. The molecule has 3 heteroatoms. The zero-order chi connectivity index (χ0) is 10.5. The van der Waals surface area contributed by atoms with Gasteiger partial charge in [-0.2, -0.15) is 0 Å². The monoisotopic (exact) mass is 218 g/mol. The quantitative estimate of drug-likeness (QED) is 0.784. The first-order valence-electron chi connectivity index (χ1n) is 5.01. The molecule has 2 nitrogen and oxygen atoms in total. The molecule has 1 heterocycles. The van der Waals surface area contributed by atoms with E-state index in [9.17, 15) is 0 Å². The van der Waals surface area contributed by atoms with Crippen LogP contribution in [0, 0.1) is 0 Å². The van der Waals surface area contributed by atoms with Crippen molar-refractivity contribution in [3.8, 4) is 0 Å². The Labute approximate surface area is 94.2 Å². The minimum atomic E-state index is 1.01. The van der Waals surface area contributed by atoms with Gasteiger partial charge >= 0.3 is 0 Å². The van der Waals surface area contributed by atoms with Crippen LogP contribution in [0.5, 0.6) is 0 Å². The van der Waals surface area contributed by atoms with E-state index in [0.717, 1.165) is 18.1 Å². The highest BCUT2D eigenvalue weighted by Crippen LogP contribution is 2.15. The summed E-state index contributed by atoms with van der Waals surface area (Å²) in [4.78, 5) is 6.47. The first kappa shape index (κ1) is 10.2. The Morgan fingerprint density at radius 3 is 2.73 bits per heavy atom. The molecule has 0 spiro atoms. The normalized spacial score (nSPS) is 10.2. The molecule has 0 amide bonds. The van der Waals surface area contributed by atoms with E-state index in [2.05, 4.69) is 41.2 Å². The van der Waals surface area contributed by atoms with Crippen molar-refractivity contribution in [1.82, 2.24) is 4.98 Å². The second-order valence-corrected chi connectivity index (χ2v) is 4.34. The van der Waals surface area contributed by atoms with Crippen LogP contribution < -0.4 is 4.90 Å². The van der Waals surface area contributed by atoms with Crippen LogP contribution in [0.1, 0.15) is 5.56 Å². The highest BCUT2D eigenvalue weighted by atomic mass is 32.1. The van der Waals surface area contributed by atoms with Crippen LogP contribution in [0.2, 0.25) is 0 Å². The van der Waals surface area contributed by atoms with Crippen LogP contribution >= 0.6 is 11.3 Å². The van der Waals surface area contributed by atoms with E-state index in [4.69, 9.17) is 0 Å². The van der Waals surface area contributed by atoms with Crippen molar-refractivity contribution in [1.29, 1.82) is 0 Å². The number of benzene rings is 1. The molecule has 15 heavy (non-hydrogen) atoms. The third-order valence-corrected chi connectivity index (χ3v) is 3.21. The molecular weight excluding hydrogens is 204 g/mol. The van der Waals surface area contributed by atoms with E-state index >= 15 is 0 Å². The number of anilines is 1. The smallest absolute Gasteiger partial charge is 0.184 e. The van der Waals surface area contributed by atoms with E-state index in [-0.39, 0.29) is 0 Å². The number of aromatic nitrogens is 1. The lowest BCUT2D eigenvalue weighted by atomic mass is 10.1. The van der Waals surface area contributed by atoms with Crippen LogP contribution in [0.4, 0.5) is 5.13 Å². The zero-order valence-corrected chi connectivity index (χ0v) is 9.57. The second-order valence-electron chi connectivity index (χ2n) is 3.47. The van der Waals surface area contributed by atoms with Crippen molar-refractivity contribution < 1.29 is 0 Å². The average molecular weight is 218 g/mol. The standard InChI is InChI=1S/C12H14N2S/c1-14(12-13-8-10-15-12)9-7-11-5-3-2-4-6-11/h2-6,8,10H,7,9H2,1H3. The summed E-state index contributed by atoms with van der Waals surface area (Å²) in [7, 11) is 2.09. The van der Waals surface area contributed by atoms with E-state index in [1.807, 2.05) is 17.6 Å². The lowest BCUT2D eigenvalue weighted by Crippen LogP contribution is -2.19. The van der Waals surface area contributed by atoms with Gasteiger partial charge in [0, 0.05) is 25.2 Å². The van der Waals surface area contributed by atoms with E-state index in [1.165, 1.54) is 5.56 Å². The summed E-state index contributed by atoms with van der Waals surface area (Å²) >= 11 is 1.68. The van der Waals surface area contributed by atoms with Gasteiger partial charge in [0.05, 0.1) is 0 Å². The average Bonchev–Trinajstić information content (AvgIpc) is 2.81. The first-order valence-corrected chi connectivity index (χ1v) is 5.89. The molecule has 0 saturated heterocycles. The zero-order valence-electron chi connectivity index (χ0n) is 8.76. The minimum absolute atomic E-state index is 1.01. The molecule has 0 N–H and O–H groups in total. The lowest BCUT2D eigenvalue weighted by Gasteiger charge is -2.15. The van der Waals surface area contributed by atoms with Gasteiger partial charge in [0.25, 0.3) is 0 Å². The topological polar surface area (TPSA) is 16.1 Å². The second kappa shape index (κ2) is 4.94. The number of thiazole rings is 1. The number of nitrogens with zero attached hydrogens (tertiary/aromatic N) is 2. The molecule has 0 aliphatic carbocycles. The maximum Gasteiger partial charge on any atom is 0.184 e. The van der Waals surface area contributed by atoms with Gasteiger partial charge in [-0.1, -0.05) is 30.3 Å². The predicted octanol–water partition coefficient (Wildman–Crippen LogP) is 2.82. The SMILES string of the molecule is CN(CCc1ccccc1)c1nccs1. The molecule has 0 bridgehead atoms. The van der Waals surface area contributed by atoms with E-state index in [1.54, 1.807) is 11.3 Å². The van der Waals surface area contributed by atoms with E-state index < -0.39 is 0 Å². The van der Waals surface area contributed by atoms with Crippen molar-refractivity contribution in [3.63, 3.8) is 0 Å². The molecule has 2 aromatic rings. The van der Waals surface area contributed by atoms with Crippen LogP contribution in [0.25, 0.3) is 0 Å². The summed E-state index contributed by atoms with van der Waals surface area (Å²) in [6, 6.07) is 10.5. The van der Waals surface area contributed by atoms with Crippen molar-refractivity contribution in [2.24, 2.45) is 0 Å². The number of hydrogen-bond acceptors (Lipinski definition) is 3. The summed E-state index contributed by atoms with van der Waals surface area (Å²) in [6.07, 6.45) is 2.91. The fraction of sp³-hybridized carbons (Fsp3) is 0.250. The summed E-state index contributed by atoms with van der Waals surface area (Å²) in [5.74, 6) is 0. The Morgan fingerprint density at radius 1 is 1.27 bits per heavy atom. The van der Waals surface area contributed by atoms with Gasteiger partial charge in [-0.15, -0.1) is 11.3 Å². The van der Waals surface area contributed by atoms with Gasteiger partial charge in [-0.25, -0.2) is 4.98 Å². The van der Waals surface area contributed by atoms with Gasteiger partial charge in [-0.05, 0) is 12.0 Å². The Kier molecular flexibility index (Phi) is 3.35. The molecule has 1 aromatic carbocycles. The van der Waals surface area contributed by atoms with Crippen molar-refractivity contribution in [2.75, 3.05) is 18.5 Å². The Hall–Kier alpha value is -1.35. The molecule has 1 aromatic heterocycles. The molecule has 0 aliphatic heterocycles. The van der Waals surface area contributed by atoms with Crippen molar-refractivity contribution in [3.05, 3.63) is 47.5 Å². The fourth-order valence-corrected chi connectivity index (χ4v) is 2.08. The van der Waals surface area contributed by atoms with Crippen LogP contribution in [-0.2, 0) is 6.42 Å². The summed E-state index contributed by atoms with van der Waals surface area (Å²) in [6.45, 7) is 1.01. The first-order chi connectivity index (χ1) is 7.36. The molecule has 0 radical (unpaired) electrons. The number of likely N-dealkylation sites (N-methyl/N-ethyl adjacent to an activating group) is 1. The molecule has 0 aliphatic rings. The summed E-state index contributed by atoms with van der Waals surface area (Å²) in [5, 5.41) is 3.10. The van der Waals surface area contributed by atoms with Gasteiger partial charge in [0.15, 0.2) is 5.13 Å². The van der Waals surface area contributed by atoms with Gasteiger partial charge in [-0.3, -0.25) is 0 Å². The third kappa shape index (κ3) is 2.80. The molecular formula is C12H14N2S. The van der Waals surface area contributed by atoms with Crippen molar-refractivity contribution in [2.45, 2.75) is 6.42 Å². The Bertz CT molecular complexity index is 383. The molecule has 2 rings (SSSR count). The number of hydrogen-bond donors (Lipinski definition) is 0. The van der Waals surface area contributed by atoms with E-state index in [0.29, 0.717) is 0 Å². The minimum Gasteiger partial charge on any atom is -0.351 e. The van der Waals surface area contributed by atoms with Crippen LogP contribution in [0.3, 0.4) is 0 Å². The number of rotatable bonds is 4. The summed E-state index contributed by atoms with van der Waals surface area (Å²) in [5.41, 5.74) is 1.38. The highest BCUT2D eigenvalue weighted by molar-refractivity contribution is 7.13. The molecule has 0 unspecified atom stereocenters. The summed E-state index contributed by atoms with van der Waals surface area (Å²) < 4.78 is 0. The molecule has 0 fully saturated rings.